The molecule has 0 bridgehead atoms. The highest BCUT2D eigenvalue weighted by Crippen LogP contribution is 2.29. The fourth-order valence-electron chi connectivity index (χ4n) is 1.93. The van der Waals surface area contributed by atoms with Gasteiger partial charge in [-0.3, -0.25) is 4.98 Å². The lowest BCUT2D eigenvalue weighted by Gasteiger charge is -2.06. The van der Waals surface area contributed by atoms with Gasteiger partial charge in [0.2, 0.25) is 0 Å². The average molecular weight is 272 g/mol. The van der Waals surface area contributed by atoms with Crippen LogP contribution in [-0.4, -0.2) is 22.3 Å². The number of ether oxygens (including phenoxy) is 1. The van der Waals surface area contributed by atoms with Crippen molar-refractivity contribution in [1.82, 2.24) is 15.2 Å². The lowest BCUT2D eigenvalue weighted by atomic mass is 10.1. The molecule has 3 rings (SSSR count). The van der Waals surface area contributed by atoms with Gasteiger partial charge in [-0.25, -0.2) is 0 Å². The first kappa shape index (κ1) is 11.9. The zero-order chi connectivity index (χ0) is 13.2. The molecular weight excluding hydrogens is 262 g/mol. The minimum atomic E-state index is 0.361. The maximum Gasteiger partial charge on any atom is 0.161 e. The monoisotopic (exact) mass is 271 g/mol. The third kappa shape index (κ3) is 2.11. The van der Waals surface area contributed by atoms with Gasteiger partial charge in [0.25, 0.3) is 0 Å². The van der Waals surface area contributed by atoms with E-state index >= 15 is 0 Å². The maximum absolute atomic E-state index is 6.03. The molecule has 0 fully saturated rings. The van der Waals surface area contributed by atoms with Crippen LogP contribution in [0, 0.1) is 0 Å². The molecule has 0 aliphatic carbocycles. The van der Waals surface area contributed by atoms with Gasteiger partial charge >= 0.3 is 0 Å². The third-order valence-electron chi connectivity index (χ3n) is 2.90. The van der Waals surface area contributed by atoms with Gasteiger partial charge in [0.1, 0.15) is 11.4 Å². The van der Waals surface area contributed by atoms with E-state index in [0.717, 1.165) is 27.8 Å². The number of hydrogen-bond acceptors (Lipinski definition) is 4. The van der Waals surface area contributed by atoms with Crippen molar-refractivity contribution in [3.8, 4) is 17.0 Å². The zero-order valence-electron chi connectivity index (χ0n) is 10.2. The Morgan fingerprint density at radius 3 is 2.53 bits per heavy atom. The normalized spacial score (nSPS) is 10.6. The number of nitrogens with zero attached hydrogens (tertiary/aromatic N) is 3. The van der Waals surface area contributed by atoms with Gasteiger partial charge in [-0.2, -0.15) is 0 Å². The van der Waals surface area contributed by atoms with Crippen LogP contribution in [0.1, 0.15) is 0 Å². The highest BCUT2D eigenvalue weighted by Gasteiger charge is 2.09. The quantitative estimate of drug-likeness (QED) is 0.717. The van der Waals surface area contributed by atoms with Crippen molar-refractivity contribution in [2.45, 2.75) is 0 Å². The summed E-state index contributed by atoms with van der Waals surface area (Å²) in [6.45, 7) is 0. The summed E-state index contributed by atoms with van der Waals surface area (Å²) in [5.41, 5.74) is 1.74. The molecule has 2 heterocycles. The summed E-state index contributed by atoms with van der Waals surface area (Å²) in [6.07, 6.45) is 3.41. The van der Waals surface area contributed by atoms with Gasteiger partial charge in [-0.05, 0) is 30.3 Å². The van der Waals surface area contributed by atoms with E-state index < -0.39 is 0 Å². The largest absolute Gasteiger partial charge is 0.497 e. The minimum Gasteiger partial charge on any atom is -0.497 e. The molecule has 0 radical (unpaired) electrons. The molecule has 0 amide bonds. The number of fused-ring (bicyclic) bond motifs is 1. The van der Waals surface area contributed by atoms with Crippen LogP contribution in [0.3, 0.4) is 0 Å². The Morgan fingerprint density at radius 1 is 1.00 bits per heavy atom. The molecule has 1 aromatic carbocycles. The molecule has 2 aromatic heterocycles. The smallest absolute Gasteiger partial charge is 0.161 e. The first-order valence-electron chi connectivity index (χ1n) is 5.70. The molecule has 3 aromatic rings. The molecule has 4 nitrogen and oxygen atoms in total. The van der Waals surface area contributed by atoms with Crippen molar-refractivity contribution in [1.29, 1.82) is 0 Å². The van der Waals surface area contributed by atoms with Gasteiger partial charge in [0, 0.05) is 28.7 Å². The Labute approximate surface area is 115 Å². The molecule has 0 N–H and O–H groups in total. The summed E-state index contributed by atoms with van der Waals surface area (Å²) in [5.74, 6) is 0.802. The van der Waals surface area contributed by atoms with E-state index in [-0.39, 0.29) is 0 Å². The molecule has 0 aliphatic heterocycles. The zero-order valence-corrected chi connectivity index (χ0v) is 10.9. The van der Waals surface area contributed by atoms with Crippen molar-refractivity contribution in [3.05, 3.63) is 47.9 Å². The summed E-state index contributed by atoms with van der Waals surface area (Å²) in [4.78, 5) is 4.06. The summed E-state index contributed by atoms with van der Waals surface area (Å²) < 4.78 is 5.14. The van der Waals surface area contributed by atoms with Crippen LogP contribution in [0.15, 0.2) is 42.7 Å². The summed E-state index contributed by atoms with van der Waals surface area (Å²) in [7, 11) is 1.64. The summed E-state index contributed by atoms with van der Waals surface area (Å²) in [6, 6.07) is 9.54. The van der Waals surface area contributed by atoms with Crippen molar-refractivity contribution in [2.75, 3.05) is 7.11 Å². The minimum absolute atomic E-state index is 0.361. The molecule has 0 saturated carbocycles. The Kier molecular flexibility index (Phi) is 3.01. The molecule has 0 unspecified atom stereocenters. The number of methoxy groups -OCH3 is 1. The van der Waals surface area contributed by atoms with E-state index in [2.05, 4.69) is 15.2 Å². The van der Waals surface area contributed by atoms with Crippen LogP contribution in [0.25, 0.3) is 22.0 Å². The maximum atomic E-state index is 6.03. The molecule has 0 atom stereocenters. The molecule has 0 aliphatic rings. The molecule has 0 spiro atoms. The highest BCUT2D eigenvalue weighted by atomic mass is 35.5. The standard InChI is InChI=1S/C14H10ClN3O/c1-19-10-4-2-9(3-5-10)13-11-6-7-16-8-12(11)14(15)18-17-13/h2-8H,1H3. The lowest BCUT2D eigenvalue weighted by molar-refractivity contribution is 0.415. The van der Waals surface area contributed by atoms with Gasteiger partial charge in [-0.1, -0.05) is 11.6 Å². The van der Waals surface area contributed by atoms with Crippen molar-refractivity contribution >= 4 is 22.4 Å². The van der Waals surface area contributed by atoms with Crippen LogP contribution in [0.4, 0.5) is 0 Å². The number of halogens is 1. The van der Waals surface area contributed by atoms with E-state index in [0.29, 0.717) is 5.15 Å². The first-order chi connectivity index (χ1) is 9.29. The van der Waals surface area contributed by atoms with Crippen LogP contribution in [-0.2, 0) is 0 Å². The molecule has 19 heavy (non-hydrogen) atoms. The van der Waals surface area contributed by atoms with Crippen LogP contribution in [0.2, 0.25) is 5.15 Å². The fraction of sp³-hybridized carbons (Fsp3) is 0.0714. The first-order valence-corrected chi connectivity index (χ1v) is 6.07. The number of hydrogen-bond donors (Lipinski definition) is 0. The van der Waals surface area contributed by atoms with Crippen LogP contribution >= 0.6 is 11.6 Å². The topological polar surface area (TPSA) is 47.9 Å². The lowest BCUT2D eigenvalue weighted by Crippen LogP contribution is -1.92. The number of benzene rings is 1. The number of pyridine rings is 1. The average Bonchev–Trinajstić information content (AvgIpc) is 2.48. The second kappa shape index (κ2) is 4.82. The predicted octanol–water partition coefficient (Wildman–Crippen LogP) is 3.35. The predicted molar refractivity (Wildman–Crippen MR) is 74.3 cm³/mol. The van der Waals surface area contributed by atoms with Crippen molar-refractivity contribution in [2.24, 2.45) is 0 Å². The van der Waals surface area contributed by atoms with Gasteiger partial charge in [0.15, 0.2) is 5.15 Å². The van der Waals surface area contributed by atoms with E-state index in [1.807, 2.05) is 30.3 Å². The summed E-state index contributed by atoms with van der Waals surface area (Å²) in [5, 5.41) is 10.2. The van der Waals surface area contributed by atoms with E-state index in [1.165, 1.54) is 0 Å². The SMILES string of the molecule is COc1ccc(-c2nnc(Cl)c3cnccc23)cc1. The fourth-order valence-corrected chi connectivity index (χ4v) is 2.12. The third-order valence-corrected chi connectivity index (χ3v) is 3.18. The Hall–Kier alpha value is -2.20. The van der Waals surface area contributed by atoms with E-state index in [9.17, 15) is 0 Å². The summed E-state index contributed by atoms with van der Waals surface area (Å²) >= 11 is 6.03. The number of rotatable bonds is 2. The second-order valence-corrected chi connectivity index (χ2v) is 4.35. The van der Waals surface area contributed by atoms with Gasteiger partial charge in [-0.15, -0.1) is 10.2 Å². The number of aromatic nitrogens is 3. The molecule has 94 valence electrons. The van der Waals surface area contributed by atoms with E-state index in [1.54, 1.807) is 19.5 Å². The van der Waals surface area contributed by atoms with Crippen molar-refractivity contribution < 1.29 is 4.74 Å². The van der Waals surface area contributed by atoms with Gasteiger partial charge < -0.3 is 4.74 Å². The Bertz CT molecular complexity index is 728. The molecule has 0 saturated heterocycles. The van der Waals surface area contributed by atoms with Crippen LogP contribution < -0.4 is 4.74 Å². The molecule has 5 heteroatoms. The van der Waals surface area contributed by atoms with Crippen molar-refractivity contribution in [3.63, 3.8) is 0 Å². The Balaban J connectivity index is 2.21. The highest BCUT2D eigenvalue weighted by molar-refractivity contribution is 6.34. The van der Waals surface area contributed by atoms with E-state index in [4.69, 9.17) is 16.3 Å². The van der Waals surface area contributed by atoms with Gasteiger partial charge in [0.05, 0.1) is 7.11 Å². The Morgan fingerprint density at radius 2 is 1.79 bits per heavy atom. The second-order valence-electron chi connectivity index (χ2n) is 3.99. The molecular formula is C14H10ClN3O. The van der Waals surface area contributed by atoms with Crippen LogP contribution in [0.5, 0.6) is 5.75 Å².